The lowest BCUT2D eigenvalue weighted by atomic mass is 10.1. The summed E-state index contributed by atoms with van der Waals surface area (Å²) in [6, 6.07) is 4.84. The Hall–Kier alpha value is -1.71. The fourth-order valence-electron chi connectivity index (χ4n) is 2.12. The van der Waals surface area contributed by atoms with E-state index in [1.54, 1.807) is 17.0 Å². The van der Waals surface area contributed by atoms with Crippen LogP contribution in [-0.2, 0) is 11.3 Å². The Balaban J connectivity index is 2.13. The van der Waals surface area contributed by atoms with Crippen molar-refractivity contribution in [2.75, 3.05) is 6.54 Å². The highest BCUT2D eigenvalue weighted by Crippen LogP contribution is 2.29. The van der Waals surface area contributed by atoms with Gasteiger partial charge in [0.1, 0.15) is 0 Å². The van der Waals surface area contributed by atoms with Crippen LogP contribution in [0, 0.1) is 0 Å². The molecule has 1 heterocycles. The number of rotatable bonds is 2. The zero-order valence-electron chi connectivity index (χ0n) is 9.72. The number of carbonyl (C=O) groups excluding carboxylic acids is 1. The highest BCUT2D eigenvalue weighted by molar-refractivity contribution is 5.76. The average Bonchev–Trinajstić information content (AvgIpc) is 2.51. The summed E-state index contributed by atoms with van der Waals surface area (Å²) in [5, 5.41) is 19.1. The summed E-state index contributed by atoms with van der Waals surface area (Å²) in [7, 11) is 0. The number of hydrogen-bond donors (Lipinski definition) is 2. The Bertz CT molecular complexity index is 417. The van der Waals surface area contributed by atoms with Crippen LogP contribution in [0.2, 0.25) is 0 Å². The van der Waals surface area contributed by atoms with Gasteiger partial charge in [-0.25, -0.2) is 0 Å². The van der Waals surface area contributed by atoms with Gasteiger partial charge in [-0.05, 0) is 18.9 Å². The van der Waals surface area contributed by atoms with E-state index in [-0.39, 0.29) is 17.4 Å². The fraction of sp³-hybridized carbons (Fsp3) is 0.462. The lowest BCUT2D eigenvalue weighted by Crippen LogP contribution is -2.29. The molecular weight excluding hydrogens is 218 g/mol. The highest BCUT2D eigenvalue weighted by Gasteiger charge is 2.18. The first-order chi connectivity index (χ1) is 8.18. The van der Waals surface area contributed by atoms with Crippen molar-refractivity contribution in [3.8, 4) is 11.5 Å². The number of phenolic OH excluding ortho intramolecular Hbond substituents is 2. The largest absolute Gasteiger partial charge is 0.504 e. The molecular formula is C13H17NO3. The maximum Gasteiger partial charge on any atom is 0.222 e. The van der Waals surface area contributed by atoms with E-state index in [0.717, 1.165) is 25.8 Å². The molecule has 2 N–H and O–H groups in total. The lowest BCUT2D eigenvalue weighted by molar-refractivity contribution is -0.131. The Morgan fingerprint density at radius 1 is 1.18 bits per heavy atom. The van der Waals surface area contributed by atoms with E-state index in [1.807, 2.05) is 0 Å². The molecule has 0 aromatic heterocycles. The summed E-state index contributed by atoms with van der Waals surface area (Å²) in [6.07, 6.45) is 3.61. The molecule has 1 saturated heterocycles. The predicted octanol–water partition coefficient (Wildman–Crippen LogP) is 2.00. The maximum atomic E-state index is 11.8. The van der Waals surface area contributed by atoms with E-state index in [0.29, 0.717) is 18.5 Å². The minimum atomic E-state index is -0.134. The normalized spacial score (nSPS) is 16.9. The number of nitrogens with zero attached hydrogens (tertiary/aromatic N) is 1. The summed E-state index contributed by atoms with van der Waals surface area (Å²) in [5.74, 6) is -0.125. The molecule has 1 aliphatic heterocycles. The smallest absolute Gasteiger partial charge is 0.222 e. The van der Waals surface area contributed by atoms with E-state index >= 15 is 0 Å². The molecule has 0 aliphatic carbocycles. The number of benzene rings is 1. The molecule has 1 aromatic rings. The van der Waals surface area contributed by atoms with Crippen molar-refractivity contribution < 1.29 is 15.0 Å². The third-order valence-electron chi connectivity index (χ3n) is 3.13. The molecule has 0 bridgehead atoms. The van der Waals surface area contributed by atoms with Gasteiger partial charge in [0.05, 0.1) is 0 Å². The molecule has 2 rings (SSSR count). The second-order valence-electron chi connectivity index (χ2n) is 4.41. The van der Waals surface area contributed by atoms with E-state index in [4.69, 9.17) is 0 Å². The SMILES string of the molecule is O=C1CCCCCN1Cc1cccc(O)c1O. The number of amides is 1. The van der Waals surface area contributed by atoms with Crippen LogP contribution in [0.15, 0.2) is 18.2 Å². The third kappa shape index (κ3) is 2.70. The first-order valence-corrected chi connectivity index (χ1v) is 5.96. The Morgan fingerprint density at radius 2 is 2.00 bits per heavy atom. The van der Waals surface area contributed by atoms with Gasteiger partial charge in [0.25, 0.3) is 0 Å². The van der Waals surface area contributed by atoms with Crippen LogP contribution in [0.25, 0.3) is 0 Å². The van der Waals surface area contributed by atoms with Crippen molar-refractivity contribution in [1.82, 2.24) is 4.90 Å². The fourth-order valence-corrected chi connectivity index (χ4v) is 2.12. The van der Waals surface area contributed by atoms with Crippen LogP contribution in [0.3, 0.4) is 0 Å². The molecule has 17 heavy (non-hydrogen) atoms. The van der Waals surface area contributed by atoms with Crippen LogP contribution in [0.1, 0.15) is 31.2 Å². The first kappa shape index (κ1) is 11.8. The highest BCUT2D eigenvalue weighted by atomic mass is 16.3. The van der Waals surface area contributed by atoms with Gasteiger partial charge in [-0.2, -0.15) is 0 Å². The Labute approximate surface area is 100 Å². The zero-order valence-corrected chi connectivity index (χ0v) is 9.72. The molecule has 92 valence electrons. The van der Waals surface area contributed by atoms with Crippen LogP contribution in [0.5, 0.6) is 11.5 Å². The Morgan fingerprint density at radius 3 is 2.82 bits per heavy atom. The number of carbonyl (C=O) groups is 1. The second-order valence-corrected chi connectivity index (χ2v) is 4.41. The van der Waals surface area contributed by atoms with Crippen molar-refractivity contribution in [2.24, 2.45) is 0 Å². The van der Waals surface area contributed by atoms with E-state index in [9.17, 15) is 15.0 Å². The maximum absolute atomic E-state index is 11.8. The van der Waals surface area contributed by atoms with E-state index < -0.39 is 0 Å². The molecule has 4 nitrogen and oxygen atoms in total. The quantitative estimate of drug-likeness (QED) is 0.771. The minimum absolute atomic E-state index is 0.121. The summed E-state index contributed by atoms with van der Waals surface area (Å²) >= 11 is 0. The molecule has 1 fully saturated rings. The summed E-state index contributed by atoms with van der Waals surface area (Å²) in [5.41, 5.74) is 0.597. The second kappa shape index (κ2) is 5.08. The number of phenols is 2. The van der Waals surface area contributed by atoms with Gasteiger partial charge in [0, 0.05) is 25.1 Å². The molecule has 0 spiro atoms. The van der Waals surface area contributed by atoms with Crippen molar-refractivity contribution in [2.45, 2.75) is 32.2 Å². The third-order valence-corrected chi connectivity index (χ3v) is 3.13. The van der Waals surface area contributed by atoms with Crippen LogP contribution >= 0.6 is 0 Å². The topological polar surface area (TPSA) is 60.8 Å². The zero-order chi connectivity index (χ0) is 12.3. The molecule has 0 radical (unpaired) electrons. The molecule has 0 saturated carbocycles. The van der Waals surface area contributed by atoms with Gasteiger partial charge in [-0.15, -0.1) is 0 Å². The molecule has 1 aliphatic rings. The van der Waals surface area contributed by atoms with Crippen molar-refractivity contribution in [3.05, 3.63) is 23.8 Å². The van der Waals surface area contributed by atoms with Gasteiger partial charge in [0.15, 0.2) is 11.5 Å². The van der Waals surface area contributed by atoms with Crippen molar-refractivity contribution in [3.63, 3.8) is 0 Å². The monoisotopic (exact) mass is 235 g/mol. The van der Waals surface area contributed by atoms with Gasteiger partial charge < -0.3 is 15.1 Å². The molecule has 1 aromatic carbocycles. The first-order valence-electron chi connectivity index (χ1n) is 5.96. The van der Waals surface area contributed by atoms with Gasteiger partial charge in [-0.3, -0.25) is 4.79 Å². The summed E-state index contributed by atoms with van der Waals surface area (Å²) < 4.78 is 0. The van der Waals surface area contributed by atoms with Crippen LogP contribution in [0.4, 0.5) is 0 Å². The molecule has 1 amide bonds. The summed E-state index contributed by atoms with van der Waals surface area (Å²) in [6.45, 7) is 1.10. The van der Waals surface area contributed by atoms with Gasteiger partial charge >= 0.3 is 0 Å². The molecule has 0 atom stereocenters. The van der Waals surface area contributed by atoms with E-state index in [2.05, 4.69) is 0 Å². The predicted molar refractivity (Wildman–Crippen MR) is 63.7 cm³/mol. The molecule has 4 heteroatoms. The average molecular weight is 235 g/mol. The Kier molecular flexibility index (Phi) is 3.52. The number of likely N-dealkylation sites (tertiary alicyclic amines) is 1. The van der Waals surface area contributed by atoms with E-state index in [1.165, 1.54) is 6.07 Å². The molecule has 0 unspecified atom stereocenters. The van der Waals surface area contributed by atoms with Crippen molar-refractivity contribution in [1.29, 1.82) is 0 Å². The van der Waals surface area contributed by atoms with Crippen molar-refractivity contribution >= 4 is 5.91 Å². The summed E-state index contributed by atoms with van der Waals surface area (Å²) in [4.78, 5) is 13.5. The number of hydrogen-bond acceptors (Lipinski definition) is 3. The minimum Gasteiger partial charge on any atom is -0.504 e. The van der Waals surface area contributed by atoms with Crippen LogP contribution < -0.4 is 0 Å². The van der Waals surface area contributed by atoms with Gasteiger partial charge in [0.2, 0.25) is 5.91 Å². The number of aromatic hydroxyl groups is 2. The van der Waals surface area contributed by atoms with Gasteiger partial charge in [-0.1, -0.05) is 18.6 Å². The number of para-hydroxylation sites is 1. The standard InChI is InChI=1S/C13H17NO3/c15-11-6-4-5-10(13(11)17)9-14-8-3-1-2-7-12(14)16/h4-6,15,17H,1-3,7-9H2. The van der Waals surface area contributed by atoms with Crippen LogP contribution in [-0.4, -0.2) is 27.6 Å². The lowest BCUT2D eigenvalue weighted by Gasteiger charge is -2.21.